The Bertz CT molecular complexity index is 782. The van der Waals surface area contributed by atoms with E-state index in [0.29, 0.717) is 16.7 Å². The second-order valence-electron chi connectivity index (χ2n) is 7.49. The number of rotatable bonds is 3. The smallest absolute Gasteiger partial charge is 0.248 e. The van der Waals surface area contributed by atoms with E-state index in [1.165, 1.54) is 0 Å². The fourth-order valence-electron chi connectivity index (χ4n) is 2.93. The van der Waals surface area contributed by atoms with Crippen molar-refractivity contribution in [3.8, 4) is 0 Å². The van der Waals surface area contributed by atoms with Gasteiger partial charge in [-0.1, -0.05) is 37.5 Å². The Morgan fingerprint density at radius 1 is 1.40 bits per heavy atom. The number of nitrogens with zero attached hydrogens (tertiary/aromatic N) is 3. The molecule has 1 N–H and O–H groups in total. The molecule has 0 bridgehead atoms. The summed E-state index contributed by atoms with van der Waals surface area (Å²) in [5, 5.41) is 7.37. The zero-order valence-electron chi connectivity index (χ0n) is 15.0. The standard InChI is InChI=1S/C18H23ClN4O2/c1-11-8-12(19)16(20-10-11)23-7-5-6-13(23)17(24)21-15-9-14(25-22-15)18(2,3)4/h8-10,13H,5-7H2,1-4H3,(H,21,22,24)/t13-/m0/s1. The van der Waals surface area contributed by atoms with Crippen molar-refractivity contribution in [1.29, 1.82) is 0 Å². The minimum atomic E-state index is -0.317. The van der Waals surface area contributed by atoms with E-state index in [9.17, 15) is 4.79 Å². The van der Waals surface area contributed by atoms with Crippen molar-refractivity contribution in [2.45, 2.75) is 52.0 Å². The minimum Gasteiger partial charge on any atom is -0.359 e. The SMILES string of the molecule is Cc1cnc(N2CCC[C@H]2C(=O)Nc2cc(C(C)(C)C)on2)c(Cl)c1. The summed E-state index contributed by atoms with van der Waals surface area (Å²) in [6.45, 7) is 8.78. The highest BCUT2D eigenvalue weighted by atomic mass is 35.5. The van der Waals surface area contributed by atoms with E-state index < -0.39 is 0 Å². The number of aromatic nitrogens is 2. The highest BCUT2D eigenvalue weighted by molar-refractivity contribution is 6.33. The van der Waals surface area contributed by atoms with Gasteiger partial charge in [0.15, 0.2) is 5.82 Å². The molecule has 7 heteroatoms. The van der Waals surface area contributed by atoms with Gasteiger partial charge in [0, 0.05) is 24.2 Å². The van der Waals surface area contributed by atoms with E-state index in [4.69, 9.17) is 16.1 Å². The van der Waals surface area contributed by atoms with Crippen molar-refractivity contribution < 1.29 is 9.32 Å². The Kier molecular flexibility index (Phi) is 4.73. The number of aryl methyl sites for hydroxylation is 1. The third-order valence-corrected chi connectivity index (χ3v) is 4.56. The number of pyridine rings is 1. The lowest BCUT2D eigenvalue weighted by Crippen LogP contribution is -2.40. The van der Waals surface area contributed by atoms with Crippen molar-refractivity contribution in [3.63, 3.8) is 0 Å². The van der Waals surface area contributed by atoms with Crippen LogP contribution in [0.3, 0.4) is 0 Å². The van der Waals surface area contributed by atoms with Crippen LogP contribution in [0.25, 0.3) is 0 Å². The van der Waals surface area contributed by atoms with E-state index in [2.05, 4.69) is 15.5 Å². The van der Waals surface area contributed by atoms with Crippen LogP contribution in [0.15, 0.2) is 22.9 Å². The molecule has 0 aliphatic carbocycles. The molecule has 1 fully saturated rings. The molecular formula is C18H23ClN4O2. The second kappa shape index (κ2) is 6.67. The average molecular weight is 363 g/mol. The number of amides is 1. The zero-order chi connectivity index (χ0) is 18.2. The van der Waals surface area contributed by atoms with Crippen molar-refractivity contribution in [1.82, 2.24) is 10.1 Å². The Morgan fingerprint density at radius 3 is 2.80 bits per heavy atom. The normalized spacial score (nSPS) is 17.8. The van der Waals surface area contributed by atoms with Gasteiger partial charge in [-0.3, -0.25) is 4.79 Å². The summed E-state index contributed by atoms with van der Waals surface area (Å²) in [6.07, 6.45) is 3.43. The Labute approximate surface area is 152 Å². The van der Waals surface area contributed by atoms with Gasteiger partial charge in [-0.05, 0) is 31.4 Å². The maximum atomic E-state index is 12.7. The number of halogens is 1. The van der Waals surface area contributed by atoms with Crippen LogP contribution in [-0.2, 0) is 10.2 Å². The predicted octanol–water partition coefficient (Wildman–Crippen LogP) is 3.94. The first-order valence-corrected chi connectivity index (χ1v) is 8.80. The summed E-state index contributed by atoms with van der Waals surface area (Å²) < 4.78 is 5.32. The van der Waals surface area contributed by atoms with Gasteiger partial charge in [0.1, 0.15) is 17.6 Å². The second-order valence-corrected chi connectivity index (χ2v) is 7.89. The highest BCUT2D eigenvalue weighted by Gasteiger charge is 2.33. The molecule has 2 aromatic rings. The molecule has 1 amide bonds. The lowest BCUT2D eigenvalue weighted by molar-refractivity contribution is -0.117. The Hall–Kier alpha value is -2.08. The van der Waals surface area contributed by atoms with Crippen molar-refractivity contribution in [2.24, 2.45) is 0 Å². The molecule has 1 aliphatic heterocycles. The number of carbonyl (C=O) groups is 1. The molecule has 3 heterocycles. The summed E-state index contributed by atoms with van der Waals surface area (Å²) >= 11 is 6.33. The van der Waals surface area contributed by atoms with Gasteiger partial charge in [0.05, 0.1) is 5.02 Å². The fourth-order valence-corrected chi connectivity index (χ4v) is 3.26. The molecule has 1 atom stereocenters. The highest BCUT2D eigenvalue weighted by Crippen LogP contribution is 2.31. The molecule has 25 heavy (non-hydrogen) atoms. The van der Waals surface area contributed by atoms with Crippen LogP contribution in [-0.4, -0.2) is 28.6 Å². The minimum absolute atomic E-state index is 0.121. The molecule has 0 aromatic carbocycles. The lowest BCUT2D eigenvalue weighted by Gasteiger charge is -2.25. The molecule has 1 saturated heterocycles. The summed E-state index contributed by atoms with van der Waals surface area (Å²) in [7, 11) is 0. The summed E-state index contributed by atoms with van der Waals surface area (Å²) in [5.41, 5.74) is 0.834. The molecule has 2 aromatic heterocycles. The van der Waals surface area contributed by atoms with E-state index in [1.54, 1.807) is 12.3 Å². The quantitative estimate of drug-likeness (QED) is 0.895. The van der Waals surface area contributed by atoms with Crippen LogP contribution in [0.2, 0.25) is 5.02 Å². The number of carbonyl (C=O) groups excluding carboxylic acids is 1. The van der Waals surface area contributed by atoms with Gasteiger partial charge in [-0.2, -0.15) is 0 Å². The molecule has 1 aliphatic rings. The molecule has 0 radical (unpaired) electrons. The molecule has 0 saturated carbocycles. The van der Waals surface area contributed by atoms with E-state index in [0.717, 1.165) is 30.7 Å². The van der Waals surface area contributed by atoms with Gasteiger partial charge >= 0.3 is 0 Å². The van der Waals surface area contributed by atoms with E-state index in [-0.39, 0.29) is 17.4 Å². The summed E-state index contributed by atoms with van der Waals surface area (Å²) in [4.78, 5) is 19.1. The van der Waals surface area contributed by atoms with Crippen LogP contribution in [0.5, 0.6) is 0 Å². The number of nitrogens with one attached hydrogen (secondary N) is 1. The van der Waals surface area contributed by atoms with Gasteiger partial charge in [0.2, 0.25) is 5.91 Å². The number of hydrogen-bond acceptors (Lipinski definition) is 5. The van der Waals surface area contributed by atoms with Gasteiger partial charge in [-0.25, -0.2) is 4.98 Å². The number of anilines is 2. The maximum absolute atomic E-state index is 12.7. The van der Waals surface area contributed by atoms with Gasteiger partial charge in [-0.15, -0.1) is 0 Å². The largest absolute Gasteiger partial charge is 0.359 e. The van der Waals surface area contributed by atoms with Crippen LogP contribution < -0.4 is 10.2 Å². The first-order valence-electron chi connectivity index (χ1n) is 8.42. The molecular weight excluding hydrogens is 340 g/mol. The van der Waals surface area contributed by atoms with Crippen molar-refractivity contribution in [2.75, 3.05) is 16.8 Å². The topological polar surface area (TPSA) is 71.3 Å². The predicted molar refractivity (Wildman–Crippen MR) is 98.2 cm³/mol. The fraction of sp³-hybridized carbons (Fsp3) is 0.500. The first kappa shape index (κ1) is 17.7. The molecule has 0 unspecified atom stereocenters. The molecule has 134 valence electrons. The van der Waals surface area contributed by atoms with Gasteiger partial charge < -0.3 is 14.7 Å². The first-order chi connectivity index (χ1) is 11.8. The third-order valence-electron chi connectivity index (χ3n) is 4.29. The maximum Gasteiger partial charge on any atom is 0.248 e. The lowest BCUT2D eigenvalue weighted by atomic mass is 9.93. The summed E-state index contributed by atoms with van der Waals surface area (Å²) in [5.74, 6) is 1.70. The van der Waals surface area contributed by atoms with Crippen LogP contribution in [0.4, 0.5) is 11.6 Å². The van der Waals surface area contributed by atoms with Crippen molar-refractivity contribution >= 4 is 29.1 Å². The average Bonchev–Trinajstić information content (AvgIpc) is 3.15. The van der Waals surface area contributed by atoms with Crippen LogP contribution in [0.1, 0.15) is 44.9 Å². The van der Waals surface area contributed by atoms with Crippen molar-refractivity contribution in [3.05, 3.63) is 34.7 Å². The van der Waals surface area contributed by atoms with Crippen LogP contribution >= 0.6 is 11.6 Å². The molecule has 0 spiro atoms. The summed E-state index contributed by atoms with van der Waals surface area (Å²) in [6, 6.07) is 3.32. The van der Waals surface area contributed by atoms with E-state index >= 15 is 0 Å². The molecule has 3 rings (SSSR count). The Balaban J connectivity index is 1.76. The van der Waals surface area contributed by atoms with Gasteiger partial charge in [0.25, 0.3) is 0 Å². The monoisotopic (exact) mass is 362 g/mol. The Morgan fingerprint density at radius 2 is 2.16 bits per heavy atom. The van der Waals surface area contributed by atoms with Crippen LogP contribution in [0, 0.1) is 6.92 Å². The van der Waals surface area contributed by atoms with E-state index in [1.807, 2.05) is 38.7 Å². The molecule has 6 nitrogen and oxygen atoms in total. The zero-order valence-corrected chi connectivity index (χ0v) is 15.7. The third kappa shape index (κ3) is 3.79. The number of hydrogen-bond donors (Lipinski definition) is 1.